The minimum Gasteiger partial charge on any atom is -0.369 e. The molecular weight excluding hydrogens is 184 g/mol. The van der Waals surface area contributed by atoms with E-state index in [4.69, 9.17) is 0 Å². The van der Waals surface area contributed by atoms with Crippen LogP contribution in [0.15, 0.2) is 24.3 Å². The van der Waals surface area contributed by atoms with Gasteiger partial charge in [-0.3, -0.25) is 0 Å². The van der Waals surface area contributed by atoms with Crippen molar-refractivity contribution >= 4 is 5.69 Å². The molecule has 1 heterocycles. The molecule has 2 heteroatoms. The lowest BCUT2D eigenvalue weighted by molar-refractivity contribution is 0.579. The Morgan fingerprint density at radius 1 is 1.07 bits per heavy atom. The van der Waals surface area contributed by atoms with E-state index in [0.29, 0.717) is 5.92 Å². The Labute approximate surface area is 92.3 Å². The fourth-order valence-electron chi connectivity index (χ4n) is 1.93. The van der Waals surface area contributed by atoms with E-state index in [1.807, 2.05) is 0 Å². The lowest BCUT2D eigenvalue weighted by atomic mass is 10.0. The second-order valence-corrected chi connectivity index (χ2v) is 4.40. The van der Waals surface area contributed by atoms with E-state index in [9.17, 15) is 0 Å². The molecule has 0 spiro atoms. The molecule has 0 bridgehead atoms. The number of hydrogen-bond acceptors (Lipinski definition) is 1. The van der Waals surface area contributed by atoms with E-state index in [2.05, 4.69) is 48.3 Å². The summed E-state index contributed by atoms with van der Waals surface area (Å²) in [7, 11) is 0. The van der Waals surface area contributed by atoms with Crippen molar-refractivity contribution in [3.8, 4) is 0 Å². The summed E-state index contributed by atoms with van der Waals surface area (Å²) >= 11 is 0. The molecule has 1 aromatic rings. The highest BCUT2D eigenvalue weighted by Gasteiger charge is 2.10. The van der Waals surface area contributed by atoms with Crippen LogP contribution < -0.4 is 10.2 Å². The van der Waals surface area contributed by atoms with Crippen LogP contribution in [0.3, 0.4) is 0 Å². The molecule has 2 nitrogen and oxygen atoms in total. The molecule has 0 unspecified atom stereocenters. The number of hydrogen-bond donors (Lipinski definition) is 0. The largest absolute Gasteiger partial charge is 0.369 e. The number of rotatable bonds is 2. The Hall–Kier alpha value is -1.02. The molecule has 1 aromatic carbocycles. The molecule has 0 aliphatic carbocycles. The van der Waals surface area contributed by atoms with Crippen LogP contribution in [0.2, 0.25) is 0 Å². The maximum atomic E-state index is 4.36. The molecule has 1 saturated heterocycles. The summed E-state index contributed by atoms with van der Waals surface area (Å²) in [6.45, 7) is 8.56. The monoisotopic (exact) mass is 203 g/mol. The van der Waals surface area contributed by atoms with Crippen molar-refractivity contribution in [2.45, 2.75) is 19.8 Å². The van der Waals surface area contributed by atoms with E-state index < -0.39 is 0 Å². The van der Waals surface area contributed by atoms with Crippen molar-refractivity contribution in [2.24, 2.45) is 0 Å². The molecule has 0 atom stereocenters. The molecule has 0 N–H and O–H groups in total. The number of benzene rings is 1. The van der Waals surface area contributed by atoms with Crippen LogP contribution in [0.25, 0.3) is 0 Å². The Morgan fingerprint density at radius 3 is 2.20 bits per heavy atom. The van der Waals surface area contributed by atoms with Gasteiger partial charge < -0.3 is 4.90 Å². The van der Waals surface area contributed by atoms with Gasteiger partial charge in [-0.25, -0.2) is 5.32 Å². The van der Waals surface area contributed by atoms with Gasteiger partial charge in [0, 0.05) is 31.9 Å². The Balaban J connectivity index is 2.08. The van der Waals surface area contributed by atoms with Gasteiger partial charge in [-0.1, -0.05) is 26.0 Å². The second-order valence-electron chi connectivity index (χ2n) is 4.40. The first kappa shape index (κ1) is 10.5. The van der Waals surface area contributed by atoms with Gasteiger partial charge in [-0.15, -0.1) is 0 Å². The average Bonchev–Trinajstić information content (AvgIpc) is 2.30. The predicted octanol–water partition coefficient (Wildman–Crippen LogP) is 2.23. The lowest BCUT2D eigenvalue weighted by Gasteiger charge is -2.28. The summed E-state index contributed by atoms with van der Waals surface area (Å²) in [5.41, 5.74) is 2.76. The Kier molecular flexibility index (Phi) is 3.27. The van der Waals surface area contributed by atoms with Crippen LogP contribution >= 0.6 is 0 Å². The topological polar surface area (TPSA) is 17.3 Å². The van der Waals surface area contributed by atoms with E-state index >= 15 is 0 Å². The summed E-state index contributed by atoms with van der Waals surface area (Å²) in [5, 5.41) is 4.36. The van der Waals surface area contributed by atoms with E-state index in [1.54, 1.807) is 0 Å². The first-order valence-electron chi connectivity index (χ1n) is 5.75. The van der Waals surface area contributed by atoms with Crippen molar-refractivity contribution in [1.29, 1.82) is 0 Å². The van der Waals surface area contributed by atoms with Gasteiger partial charge in [-0.2, -0.15) is 0 Å². The standard InChI is InChI=1S/C13H19N2/c1-11(2)12-3-5-13(6-4-12)15-9-7-14-8-10-15/h3-6,11H,7-10H2,1-2H3. The van der Waals surface area contributed by atoms with Gasteiger partial charge in [0.2, 0.25) is 0 Å². The zero-order valence-electron chi connectivity index (χ0n) is 9.61. The van der Waals surface area contributed by atoms with Crippen molar-refractivity contribution in [1.82, 2.24) is 5.32 Å². The van der Waals surface area contributed by atoms with E-state index in [0.717, 1.165) is 26.2 Å². The molecular formula is C13H19N2. The van der Waals surface area contributed by atoms with Gasteiger partial charge in [0.05, 0.1) is 0 Å². The minimum atomic E-state index is 0.621. The fourth-order valence-corrected chi connectivity index (χ4v) is 1.93. The molecule has 2 rings (SSSR count). The van der Waals surface area contributed by atoms with Crippen molar-refractivity contribution in [2.75, 3.05) is 31.1 Å². The highest BCUT2D eigenvalue weighted by atomic mass is 15.2. The Bertz CT molecular complexity index is 297. The Morgan fingerprint density at radius 2 is 1.67 bits per heavy atom. The molecule has 81 valence electrons. The zero-order valence-corrected chi connectivity index (χ0v) is 9.61. The summed E-state index contributed by atoms with van der Waals surface area (Å²) < 4.78 is 0. The van der Waals surface area contributed by atoms with Crippen LogP contribution in [-0.4, -0.2) is 26.2 Å². The SMILES string of the molecule is CC(C)c1ccc(N2CC[N]CC2)cc1. The molecule has 0 amide bonds. The zero-order chi connectivity index (χ0) is 10.7. The highest BCUT2D eigenvalue weighted by Crippen LogP contribution is 2.20. The van der Waals surface area contributed by atoms with Crippen molar-refractivity contribution < 1.29 is 0 Å². The highest BCUT2D eigenvalue weighted by molar-refractivity contribution is 5.48. The van der Waals surface area contributed by atoms with Gasteiger partial charge >= 0.3 is 0 Å². The summed E-state index contributed by atoms with van der Waals surface area (Å²) in [4.78, 5) is 2.41. The molecule has 1 aliphatic rings. The molecule has 15 heavy (non-hydrogen) atoms. The molecule has 0 saturated carbocycles. The summed E-state index contributed by atoms with van der Waals surface area (Å²) in [6.07, 6.45) is 0. The van der Waals surface area contributed by atoms with Crippen LogP contribution in [0.4, 0.5) is 5.69 Å². The molecule has 1 aliphatic heterocycles. The average molecular weight is 203 g/mol. The molecule has 1 radical (unpaired) electrons. The fraction of sp³-hybridized carbons (Fsp3) is 0.538. The third-order valence-corrected chi connectivity index (χ3v) is 2.98. The maximum absolute atomic E-state index is 4.36. The van der Waals surface area contributed by atoms with Crippen molar-refractivity contribution in [3.05, 3.63) is 29.8 Å². The first-order chi connectivity index (χ1) is 7.27. The minimum absolute atomic E-state index is 0.621. The van der Waals surface area contributed by atoms with Gasteiger partial charge in [-0.05, 0) is 23.6 Å². The summed E-state index contributed by atoms with van der Waals surface area (Å²) in [6, 6.07) is 8.96. The first-order valence-corrected chi connectivity index (χ1v) is 5.75. The molecule has 1 fully saturated rings. The van der Waals surface area contributed by atoms with Crippen LogP contribution in [0, 0.1) is 0 Å². The van der Waals surface area contributed by atoms with Crippen LogP contribution in [0.5, 0.6) is 0 Å². The number of piperazine rings is 1. The third-order valence-electron chi connectivity index (χ3n) is 2.98. The van der Waals surface area contributed by atoms with Gasteiger partial charge in [0.15, 0.2) is 0 Å². The quantitative estimate of drug-likeness (QED) is 0.720. The second kappa shape index (κ2) is 4.67. The van der Waals surface area contributed by atoms with Gasteiger partial charge in [0.1, 0.15) is 0 Å². The van der Waals surface area contributed by atoms with Crippen LogP contribution in [-0.2, 0) is 0 Å². The van der Waals surface area contributed by atoms with Gasteiger partial charge in [0.25, 0.3) is 0 Å². The van der Waals surface area contributed by atoms with E-state index in [1.165, 1.54) is 11.3 Å². The lowest BCUT2D eigenvalue weighted by Crippen LogP contribution is -2.40. The van der Waals surface area contributed by atoms with Crippen molar-refractivity contribution in [3.63, 3.8) is 0 Å². The predicted molar refractivity (Wildman–Crippen MR) is 64.6 cm³/mol. The summed E-state index contributed by atoms with van der Waals surface area (Å²) in [5.74, 6) is 0.621. The van der Waals surface area contributed by atoms with E-state index in [-0.39, 0.29) is 0 Å². The maximum Gasteiger partial charge on any atom is 0.0367 e. The number of anilines is 1. The number of nitrogens with zero attached hydrogens (tertiary/aromatic N) is 2. The molecule has 0 aromatic heterocycles. The smallest absolute Gasteiger partial charge is 0.0367 e. The third kappa shape index (κ3) is 2.51. The van der Waals surface area contributed by atoms with Crippen LogP contribution in [0.1, 0.15) is 25.3 Å². The normalized spacial score (nSPS) is 17.1.